The first kappa shape index (κ1) is 63.7. The zero-order valence-electron chi connectivity index (χ0n) is 47.4. The molecule has 1 amide bonds. The quantitative estimate of drug-likeness (QED) is 0.0634. The predicted molar refractivity (Wildman–Crippen MR) is 329 cm³/mol. The minimum Gasteiger partial charge on any atom is -0.481 e. The number of hydrogen-bond acceptors (Lipinski definition) is 15. The van der Waals surface area contributed by atoms with E-state index in [0.29, 0.717) is 65.8 Å². The van der Waals surface area contributed by atoms with Crippen molar-refractivity contribution >= 4 is 91.9 Å². The van der Waals surface area contributed by atoms with Crippen LogP contribution in [0, 0.1) is 11.8 Å². The lowest BCUT2D eigenvalue weighted by molar-refractivity contribution is -0.141. The molecule has 8 N–H and O–H groups in total. The van der Waals surface area contributed by atoms with Crippen LogP contribution < -0.4 is 21.7 Å². The molecule has 4 heterocycles. The molecule has 4 aromatic carbocycles. The van der Waals surface area contributed by atoms with E-state index in [4.69, 9.17) is 67.3 Å². The highest BCUT2D eigenvalue weighted by Gasteiger charge is 2.32. The van der Waals surface area contributed by atoms with E-state index < -0.39 is 36.3 Å². The number of aliphatic carboxylic acids is 1. The van der Waals surface area contributed by atoms with E-state index in [0.717, 1.165) is 108 Å². The normalized spacial score (nSPS) is 21.4. The summed E-state index contributed by atoms with van der Waals surface area (Å²) in [5, 5.41) is 40.5. The molecule has 4 aromatic heterocycles. The van der Waals surface area contributed by atoms with Gasteiger partial charge in [0, 0.05) is 75.8 Å². The second kappa shape index (κ2) is 32.8. The lowest BCUT2D eigenvalue weighted by Crippen LogP contribution is -2.44. The number of amides is 1. The van der Waals surface area contributed by atoms with Crippen LogP contribution in [0.5, 0.6) is 0 Å². The van der Waals surface area contributed by atoms with Crippen LogP contribution >= 0.6 is 23.2 Å². The molecule has 450 valence electrons. The van der Waals surface area contributed by atoms with Crippen LogP contribution in [0.15, 0.2) is 134 Å². The fraction of sp³-hybridized carbons (Fsp3) is 0.377. The molecule has 0 spiro atoms. The molecule has 8 aromatic rings. The van der Waals surface area contributed by atoms with Crippen molar-refractivity contribution in [2.45, 2.75) is 126 Å². The summed E-state index contributed by atoms with van der Waals surface area (Å²) >= 11 is 11.7. The topological polar surface area (TPSA) is 287 Å². The van der Waals surface area contributed by atoms with E-state index in [-0.39, 0.29) is 48.1 Å². The molecule has 4 aliphatic carbocycles. The van der Waals surface area contributed by atoms with E-state index >= 15 is 0 Å². The van der Waals surface area contributed by atoms with Crippen molar-refractivity contribution in [2.75, 3.05) is 17.8 Å². The predicted octanol–water partition coefficient (Wildman–Crippen LogP) is 10.6. The molecule has 4 saturated carbocycles. The molecule has 4 aliphatic rings. The summed E-state index contributed by atoms with van der Waals surface area (Å²) in [6, 6.07) is 37.9. The fourth-order valence-electron chi connectivity index (χ4n) is 11.5. The number of carbonyl (C=O) groups excluding carboxylic acids is 1. The number of anilines is 2. The lowest BCUT2D eigenvalue weighted by Gasteiger charge is -2.31. The molecule has 24 heteroatoms. The first-order valence-corrected chi connectivity index (χ1v) is 30.0. The van der Waals surface area contributed by atoms with Crippen LogP contribution in [-0.4, -0.2) is 117 Å². The molecular formula is C61H69Cl2FN10O9S2. The van der Waals surface area contributed by atoms with E-state index in [1.54, 1.807) is 12.4 Å². The third-order valence-corrected chi connectivity index (χ3v) is 16.0. The van der Waals surface area contributed by atoms with Crippen LogP contribution in [0.3, 0.4) is 0 Å². The summed E-state index contributed by atoms with van der Waals surface area (Å²) in [5.74, 6) is 0.0824. The van der Waals surface area contributed by atoms with Crippen molar-refractivity contribution in [1.82, 2.24) is 34.4 Å². The van der Waals surface area contributed by atoms with Crippen molar-refractivity contribution in [3.05, 3.63) is 144 Å². The Labute approximate surface area is 510 Å². The minimum absolute atomic E-state index is 0.0708. The molecular weight excluding hydrogens is 1170 g/mol. The van der Waals surface area contributed by atoms with E-state index in [1.165, 1.54) is 0 Å². The number of aromatic nitrogens is 6. The largest absolute Gasteiger partial charge is 0.481 e. The number of nitrogens with one attached hydrogen (secondary N) is 3. The monoisotopic (exact) mass is 1240 g/mol. The first-order chi connectivity index (χ1) is 41.7. The second-order valence-corrected chi connectivity index (χ2v) is 22.2. The number of halogens is 3. The number of aliphatic hydroxyl groups excluding tert-OH is 2. The van der Waals surface area contributed by atoms with Gasteiger partial charge in [-0.15, -0.1) is 0 Å². The highest BCUT2D eigenvalue weighted by atomic mass is 35.5. The molecule has 0 saturated heterocycles. The number of benzene rings is 4. The van der Waals surface area contributed by atoms with Crippen molar-refractivity contribution in [2.24, 2.45) is 17.6 Å². The summed E-state index contributed by atoms with van der Waals surface area (Å²) in [6.07, 6.45) is 18.6. The Kier molecular flexibility index (Phi) is 24.6. The summed E-state index contributed by atoms with van der Waals surface area (Å²) < 4.78 is 53.0. The van der Waals surface area contributed by atoms with Crippen molar-refractivity contribution in [3.8, 4) is 33.9 Å². The maximum Gasteiger partial charge on any atom is 0.335 e. The molecule has 4 fully saturated rings. The lowest BCUT2D eigenvalue weighted by atomic mass is 9.90. The van der Waals surface area contributed by atoms with Crippen LogP contribution in [0.2, 0.25) is 10.0 Å². The number of carbonyl (C=O) groups is 2. The number of nitrogens with two attached hydrogens (primary N) is 1. The summed E-state index contributed by atoms with van der Waals surface area (Å²) in [6.45, 7) is 0. The number of para-hydroxylation sites is 4. The number of alkyl halides is 1. The maximum atomic E-state index is 12.7. The zero-order chi connectivity index (χ0) is 61.5. The highest BCUT2D eigenvalue weighted by molar-refractivity contribution is 7.52. The number of carboxylic acid groups (broad SMARTS) is 1. The Morgan fingerprint density at radius 3 is 1.44 bits per heavy atom. The van der Waals surface area contributed by atoms with Crippen molar-refractivity contribution < 1.29 is 47.5 Å². The number of hydrogen-bond donors (Lipinski definition) is 7. The second-order valence-electron chi connectivity index (χ2n) is 21.1. The van der Waals surface area contributed by atoms with Gasteiger partial charge in [0.1, 0.15) is 0 Å². The number of aliphatic hydroxyl groups is 2. The third kappa shape index (κ3) is 17.9. The average Bonchev–Trinajstić information content (AvgIpc) is 1.99. The minimum atomic E-state index is -1.00. The molecule has 19 nitrogen and oxygen atoms in total. The number of fused-ring (bicyclic) bond motifs is 2. The van der Waals surface area contributed by atoms with Gasteiger partial charge in [-0.25, -0.2) is 19.9 Å². The van der Waals surface area contributed by atoms with E-state index in [2.05, 4.69) is 96.0 Å². The van der Waals surface area contributed by atoms with Crippen LogP contribution in [-0.2, 0) is 32.7 Å². The van der Waals surface area contributed by atoms with Gasteiger partial charge in [-0.2, -0.15) is 16.8 Å². The Morgan fingerprint density at radius 2 is 1.01 bits per heavy atom. The fourth-order valence-corrected chi connectivity index (χ4v) is 11.9. The Morgan fingerprint density at radius 1 is 0.600 bits per heavy atom. The van der Waals surface area contributed by atoms with Crippen LogP contribution in [0.1, 0.15) is 91.3 Å². The first-order valence-electron chi connectivity index (χ1n) is 28.6. The molecule has 0 aliphatic heterocycles. The van der Waals surface area contributed by atoms with Gasteiger partial charge in [-0.3, -0.25) is 14.0 Å². The number of rotatable bonds is 11. The third-order valence-electron chi connectivity index (χ3n) is 15.4. The van der Waals surface area contributed by atoms with Gasteiger partial charge < -0.3 is 46.1 Å². The average molecular weight is 1240 g/mol. The Balaban J connectivity index is 0.000000195. The van der Waals surface area contributed by atoms with Gasteiger partial charge in [0.15, 0.2) is 0 Å². The molecule has 85 heavy (non-hydrogen) atoms. The standard InChI is InChI=1S/C30H32ClN5O2.C24H24ClN5.C6H10O3.CH3F.2O2S/c31-26-17-32-30(34-21-8-6-7-20(16-21)33-29(38)19-13-14-23(37)15-19)35-28(26)25-18-36(22-9-2-1-3-10-22)27-12-5-4-11-24(25)27;25-21-14-27-24(28-17-8-6-7-16(26)13-17)29-23(21)20-15-30(18-9-2-1-3-10-18)22-12-5-4-11-19(20)22;7-5-2-1-4(3-5)6(8)9;1-2;2*1-3-2/h1-5,9-12,17-21,23,37H,6-8,13-16H2,(H,33,38)(H,32,34,35);1-5,9-12,14-17H,6-8,13,26H2,(H,27,28,29);4-5,7H,1-3H2,(H,8,9);1H3;;/t19-,20-,21+,23-;16-,17+;4-,5-;;;/m000.../s1/i;;;1D;;. The van der Waals surface area contributed by atoms with E-state index in [9.17, 15) is 19.1 Å². The van der Waals surface area contributed by atoms with Gasteiger partial charge in [0.2, 0.25) is 17.8 Å². The maximum absolute atomic E-state index is 12.7. The van der Waals surface area contributed by atoms with Gasteiger partial charge in [-0.05, 0) is 126 Å². The van der Waals surface area contributed by atoms with Gasteiger partial charge >= 0.3 is 29.1 Å². The highest BCUT2D eigenvalue weighted by Crippen LogP contribution is 2.38. The summed E-state index contributed by atoms with van der Waals surface area (Å²) in [5.41, 5.74) is 13.9. The van der Waals surface area contributed by atoms with Crippen molar-refractivity contribution in [1.29, 1.82) is 0 Å². The Bertz CT molecular complexity index is 3550. The Hall–Kier alpha value is -7.31. The smallest absolute Gasteiger partial charge is 0.335 e. The molecule has 0 radical (unpaired) electrons. The van der Waals surface area contributed by atoms with Gasteiger partial charge in [0.05, 0.1) is 71.5 Å². The summed E-state index contributed by atoms with van der Waals surface area (Å²) in [4.78, 5) is 41.5. The van der Waals surface area contributed by atoms with Crippen LogP contribution in [0.4, 0.5) is 16.3 Å². The summed E-state index contributed by atoms with van der Waals surface area (Å²) in [7, 11) is -1.00. The number of carboxylic acids is 1. The van der Waals surface area contributed by atoms with Crippen molar-refractivity contribution in [3.63, 3.8) is 0 Å². The SMILES string of the molecule is N[C@H]1CCC[C@@H](Nc2ncc(Cl)c(-c3cn(-c4ccccc4)c4ccccc34)n2)C1.O=C(N[C@H]1CCC[C@@H](Nc2ncc(Cl)c(-c3cn(-c4ccccc4)c4ccccc34)n2)C1)[C@H]1CC[C@H](O)C1.O=C(O)[C@H]1CC[C@H](O)C1.O=S=O.O=S=O.[2H]CF. The molecule has 0 unspecified atom stereocenters. The van der Waals surface area contributed by atoms with Gasteiger partial charge in [0.25, 0.3) is 0 Å². The van der Waals surface area contributed by atoms with Crippen LogP contribution in [0.25, 0.3) is 55.7 Å². The van der Waals surface area contributed by atoms with Gasteiger partial charge in [-0.1, -0.05) is 96.0 Å². The molecule has 12 rings (SSSR count). The zero-order valence-corrected chi connectivity index (χ0v) is 49.6. The van der Waals surface area contributed by atoms with E-state index in [1.807, 2.05) is 60.7 Å². The molecule has 8 atom stereocenters. The number of nitrogens with zero attached hydrogens (tertiary/aromatic N) is 6. The molecule has 0 bridgehead atoms.